The van der Waals surface area contributed by atoms with Gasteiger partial charge in [0.1, 0.15) is 6.17 Å². The summed E-state index contributed by atoms with van der Waals surface area (Å²) in [6, 6.07) is 0.246. The lowest BCUT2D eigenvalue weighted by molar-refractivity contribution is 0.326. The van der Waals surface area contributed by atoms with Crippen LogP contribution in [0.2, 0.25) is 0 Å². The van der Waals surface area contributed by atoms with Crippen LogP contribution in [-0.4, -0.2) is 16.0 Å². The van der Waals surface area contributed by atoms with E-state index in [4.69, 9.17) is 5.73 Å². The van der Waals surface area contributed by atoms with E-state index >= 15 is 0 Å². The van der Waals surface area contributed by atoms with Gasteiger partial charge in [-0.15, -0.1) is 0 Å². The second-order valence-electron chi connectivity index (χ2n) is 4.93. The molecule has 2 saturated carbocycles. The average Bonchev–Trinajstić information content (AvgIpc) is 2.72. The first-order valence-electron chi connectivity index (χ1n) is 5.65. The van der Waals surface area contributed by atoms with Gasteiger partial charge in [0.15, 0.2) is 0 Å². The van der Waals surface area contributed by atoms with Crippen molar-refractivity contribution < 1.29 is 4.39 Å². The van der Waals surface area contributed by atoms with Crippen LogP contribution in [0.15, 0.2) is 12.4 Å². The first-order chi connectivity index (χ1) is 7.17. The van der Waals surface area contributed by atoms with Crippen LogP contribution in [0.5, 0.6) is 0 Å². The van der Waals surface area contributed by atoms with Gasteiger partial charge in [-0.2, -0.15) is 5.10 Å². The number of nitrogens with zero attached hydrogens (tertiary/aromatic N) is 2. The lowest BCUT2D eigenvalue weighted by atomic mass is 10.1. The monoisotopic (exact) mass is 209 g/mol. The predicted octanol–water partition coefficient (Wildman–Crippen LogP) is 1.89. The predicted molar refractivity (Wildman–Crippen MR) is 55.1 cm³/mol. The molecule has 0 aromatic carbocycles. The highest BCUT2D eigenvalue weighted by Crippen LogP contribution is 2.43. The molecular formula is C11H16FN3. The van der Waals surface area contributed by atoms with Gasteiger partial charge in [0.25, 0.3) is 0 Å². The van der Waals surface area contributed by atoms with Gasteiger partial charge in [-0.25, -0.2) is 4.39 Å². The largest absolute Gasteiger partial charge is 0.321 e. The second kappa shape index (κ2) is 3.04. The van der Waals surface area contributed by atoms with E-state index in [1.807, 2.05) is 17.1 Å². The minimum Gasteiger partial charge on any atom is -0.321 e. The third-order valence-electron chi connectivity index (χ3n) is 3.68. The van der Waals surface area contributed by atoms with Crippen LogP contribution in [0.3, 0.4) is 0 Å². The van der Waals surface area contributed by atoms with Gasteiger partial charge < -0.3 is 5.73 Å². The summed E-state index contributed by atoms with van der Waals surface area (Å²) < 4.78 is 15.0. The van der Waals surface area contributed by atoms with Gasteiger partial charge in [-0.3, -0.25) is 4.68 Å². The van der Waals surface area contributed by atoms with E-state index < -0.39 is 6.17 Å². The van der Waals surface area contributed by atoms with Crippen molar-refractivity contribution in [2.75, 3.05) is 0 Å². The zero-order valence-electron chi connectivity index (χ0n) is 8.69. The molecule has 3 nitrogen and oxygen atoms in total. The molecule has 2 fully saturated rings. The smallest absolute Gasteiger partial charge is 0.102 e. The maximum Gasteiger partial charge on any atom is 0.102 e. The molecule has 0 bridgehead atoms. The van der Waals surface area contributed by atoms with Gasteiger partial charge in [0, 0.05) is 23.7 Å². The Hall–Kier alpha value is -0.900. The van der Waals surface area contributed by atoms with Crippen molar-refractivity contribution in [1.82, 2.24) is 9.78 Å². The lowest BCUT2D eigenvalue weighted by Gasteiger charge is -2.09. The van der Waals surface area contributed by atoms with Gasteiger partial charge >= 0.3 is 0 Å². The summed E-state index contributed by atoms with van der Waals surface area (Å²) in [5.41, 5.74) is 7.08. The third kappa shape index (κ3) is 1.57. The minimum absolute atomic E-state index is 0.119. The van der Waals surface area contributed by atoms with Crippen LogP contribution in [-0.2, 0) is 5.54 Å². The Labute approximate surface area is 88.5 Å². The second-order valence-corrected chi connectivity index (χ2v) is 4.93. The van der Waals surface area contributed by atoms with E-state index in [1.165, 1.54) is 0 Å². The molecule has 1 aromatic heterocycles. The van der Waals surface area contributed by atoms with Crippen molar-refractivity contribution in [3.63, 3.8) is 0 Å². The van der Waals surface area contributed by atoms with E-state index in [1.54, 1.807) is 0 Å². The van der Waals surface area contributed by atoms with Crippen LogP contribution < -0.4 is 5.73 Å². The summed E-state index contributed by atoms with van der Waals surface area (Å²) in [5, 5.41) is 4.31. The van der Waals surface area contributed by atoms with Crippen LogP contribution >= 0.6 is 0 Å². The maximum absolute atomic E-state index is 13.0. The number of nitrogens with two attached hydrogens (primary N) is 1. The van der Waals surface area contributed by atoms with Crippen molar-refractivity contribution in [2.24, 2.45) is 5.73 Å². The number of aromatic nitrogens is 2. The quantitative estimate of drug-likeness (QED) is 0.808. The summed E-state index contributed by atoms with van der Waals surface area (Å²) in [6.07, 6.45) is 7.50. The fraction of sp³-hybridized carbons (Fsp3) is 0.727. The van der Waals surface area contributed by atoms with Crippen molar-refractivity contribution in [2.45, 2.75) is 49.9 Å². The first-order valence-corrected chi connectivity index (χ1v) is 5.65. The van der Waals surface area contributed by atoms with E-state index in [-0.39, 0.29) is 11.6 Å². The number of rotatable bonds is 2. The Kier molecular flexibility index (Phi) is 1.89. The first kappa shape index (κ1) is 9.33. The highest BCUT2D eigenvalue weighted by molar-refractivity contribution is 5.24. The molecule has 0 saturated heterocycles. The zero-order chi connectivity index (χ0) is 10.5. The molecule has 2 atom stereocenters. The topological polar surface area (TPSA) is 43.8 Å². The molecule has 15 heavy (non-hydrogen) atoms. The highest BCUT2D eigenvalue weighted by atomic mass is 19.1. The van der Waals surface area contributed by atoms with Gasteiger partial charge in [-0.05, 0) is 25.7 Å². The Morgan fingerprint density at radius 2 is 2.27 bits per heavy atom. The molecule has 0 aliphatic heterocycles. The van der Waals surface area contributed by atoms with Crippen LogP contribution in [0, 0.1) is 0 Å². The molecule has 2 N–H and O–H groups in total. The molecule has 2 aliphatic carbocycles. The molecular weight excluding hydrogens is 193 g/mol. The summed E-state index contributed by atoms with van der Waals surface area (Å²) >= 11 is 0. The molecule has 82 valence electrons. The summed E-state index contributed by atoms with van der Waals surface area (Å²) in [7, 11) is 0. The van der Waals surface area contributed by atoms with Crippen molar-refractivity contribution in [3.05, 3.63) is 18.0 Å². The Bertz CT molecular complexity index is 370. The van der Waals surface area contributed by atoms with Gasteiger partial charge in [0.2, 0.25) is 0 Å². The molecule has 1 aromatic rings. The summed E-state index contributed by atoms with van der Waals surface area (Å²) in [5.74, 6) is 0. The molecule has 1 heterocycles. The molecule has 2 aliphatic rings. The molecule has 0 amide bonds. The average molecular weight is 209 g/mol. The highest BCUT2D eigenvalue weighted by Gasteiger charge is 2.41. The number of hydrogen-bond donors (Lipinski definition) is 1. The molecule has 4 heteroatoms. The standard InChI is InChI=1S/C11H16FN3/c12-9-1-2-10(5-9)15-7-8(6-14-15)11(13)3-4-11/h6-7,9-10H,1-5,13H2. The Morgan fingerprint density at radius 1 is 1.47 bits per heavy atom. The third-order valence-corrected chi connectivity index (χ3v) is 3.68. The van der Waals surface area contributed by atoms with E-state index in [2.05, 4.69) is 5.10 Å². The number of hydrogen-bond acceptors (Lipinski definition) is 2. The van der Waals surface area contributed by atoms with Crippen LogP contribution in [0.1, 0.15) is 43.7 Å². The van der Waals surface area contributed by atoms with Crippen molar-refractivity contribution in [1.29, 1.82) is 0 Å². The fourth-order valence-electron chi connectivity index (χ4n) is 2.36. The lowest BCUT2D eigenvalue weighted by Crippen LogP contribution is -2.17. The molecule has 3 rings (SSSR count). The molecule has 0 radical (unpaired) electrons. The van der Waals surface area contributed by atoms with Gasteiger partial charge in [0.05, 0.1) is 12.2 Å². The summed E-state index contributed by atoms with van der Waals surface area (Å²) in [6.45, 7) is 0. The van der Waals surface area contributed by atoms with Crippen LogP contribution in [0.4, 0.5) is 4.39 Å². The Balaban J connectivity index is 1.79. The van der Waals surface area contributed by atoms with E-state index in [0.29, 0.717) is 12.8 Å². The summed E-state index contributed by atoms with van der Waals surface area (Å²) in [4.78, 5) is 0. The zero-order valence-corrected chi connectivity index (χ0v) is 8.69. The molecule has 0 spiro atoms. The van der Waals surface area contributed by atoms with E-state index in [0.717, 1.165) is 24.8 Å². The SMILES string of the molecule is NC1(c2cnn(C3CCC(F)C3)c2)CC1. The van der Waals surface area contributed by atoms with Gasteiger partial charge in [-0.1, -0.05) is 0 Å². The normalized spacial score (nSPS) is 33.2. The van der Waals surface area contributed by atoms with E-state index in [9.17, 15) is 4.39 Å². The minimum atomic E-state index is -0.643. The number of halogens is 1. The Morgan fingerprint density at radius 3 is 2.87 bits per heavy atom. The van der Waals surface area contributed by atoms with Crippen molar-refractivity contribution in [3.8, 4) is 0 Å². The number of alkyl halides is 1. The maximum atomic E-state index is 13.0. The molecule has 2 unspecified atom stereocenters. The fourth-order valence-corrected chi connectivity index (χ4v) is 2.36. The van der Waals surface area contributed by atoms with Crippen molar-refractivity contribution >= 4 is 0 Å². The van der Waals surface area contributed by atoms with Crippen LogP contribution in [0.25, 0.3) is 0 Å².